The van der Waals surface area contributed by atoms with E-state index in [0.717, 1.165) is 15.5 Å². The van der Waals surface area contributed by atoms with Gasteiger partial charge in [-0.3, -0.25) is 0 Å². The quantitative estimate of drug-likeness (QED) is 0.770. The summed E-state index contributed by atoms with van der Waals surface area (Å²) in [6.07, 6.45) is 0. The Morgan fingerprint density at radius 1 is 1.11 bits per heavy atom. The average molecular weight is 376 g/mol. The minimum atomic E-state index is -0.169. The Kier molecular flexibility index (Phi) is 4.02. The van der Waals surface area contributed by atoms with E-state index in [0.29, 0.717) is 11.8 Å². The molecule has 0 bridgehead atoms. The fourth-order valence-corrected chi connectivity index (χ4v) is 3.79. The number of imidazole rings is 1. The van der Waals surface area contributed by atoms with Gasteiger partial charge in [0.2, 0.25) is 0 Å². The van der Waals surface area contributed by atoms with E-state index >= 15 is 0 Å². The molecule has 0 aliphatic carbocycles. The first-order valence-electron chi connectivity index (χ1n) is 5.95. The molecule has 1 heterocycles. The number of benzene rings is 1. The lowest BCUT2D eigenvalue weighted by atomic mass is 9.91. The monoisotopic (exact) mass is 374 g/mol. The number of nitrogens with one attached hydrogen (secondary N) is 2. The summed E-state index contributed by atoms with van der Waals surface area (Å²) in [7, 11) is 0. The van der Waals surface area contributed by atoms with Crippen LogP contribution in [0.4, 0.5) is 0 Å². The van der Waals surface area contributed by atoms with Crippen LogP contribution in [-0.2, 0) is 0 Å². The molecule has 0 fully saturated rings. The SMILES string of the molecule is CC(C)C(C)C(Br)c1cc2[nH]c(=O)[nH]c2cc1Br. The van der Waals surface area contributed by atoms with Gasteiger partial charge in [0.15, 0.2) is 0 Å². The molecule has 1 aromatic carbocycles. The zero-order chi connectivity index (χ0) is 13.4. The summed E-state index contributed by atoms with van der Waals surface area (Å²) >= 11 is 7.34. The number of H-pyrrole nitrogens is 2. The number of halogens is 2. The highest BCUT2D eigenvalue weighted by Crippen LogP contribution is 2.39. The van der Waals surface area contributed by atoms with Gasteiger partial charge < -0.3 is 9.97 Å². The summed E-state index contributed by atoms with van der Waals surface area (Å²) in [6.45, 7) is 6.65. The van der Waals surface area contributed by atoms with Gasteiger partial charge >= 0.3 is 5.69 Å². The fourth-order valence-electron chi connectivity index (χ4n) is 1.91. The first-order valence-corrected chi connectivity index (χ1v) is 7.66. The van der Waals surface area contributed by atoms with Crippen molar-refractivity contribution >= 4 is 42.9 Å². The van der Waals surface area contributed by atoms with E-state index in [9.17, 15) is 4.79 Å². The van der Waals surface area contributed by atoms with Gasteiger partial charge in [-0.2, -0.15) is 0 Å². The van der Waals surface area contributed by atoms with Crippen molar-refractivity contribution in [2.45, 2.75) is 25.6 Å². The van der Waals surface area contributed by atoms with Crippen LogP contribution in [0, 0.1) is 11.8 Å². The maximum Gasteiger partial charge on any atom is 0.323 e. The van der Waals surface area contributed by atoms with E-state index in [-0.39, 0.29) is 10.5 Å². The molecule has 2 N–H and O–H groups in total. The highest BCUT2D eigenvalue weighted by atomic mass is 79.9. The van der Waals surface area contributed by atoms with Gasteiger partial charge in [0, 0.05) is 9.30 Å². The molecule has 2 rings (SSSR count). The second-order valence-electron chi connectivity index (χ2n) is 5.00. The molecule has 0 spiro atoms. The van der Waals surface area contributed by atoms with Crippen LogP contribution >= 0.6 is 31.9 Å². The van der Waals surface area contributed by atoms with Gasteiger partial charge in [0.25, 0.3) is 0 Å². The van der Waals surface area contributed by atoms with E-state index in [2.05, 4.69) is 62.6 Å². The molecule has 2 unspecified atom stereocenters. The molecule has 5 heteroatoms. The second-order valence-corrected chi connectivity index (χ2v) is 6.84. The lowest BCUT2D eigenvalue weighted by Crippen LogP contribution is -2.10. The van der Waals surface area contributed by atoms with Crippen LogP contribution in [-0.4, -0.2) is 9.97 Å². The first-order chi connectivity index (χ1) is 8.40. The van der Waals surface area contributed by atoms with Crippen molar-refractivity contribution in [3.63, 3.8) is 0 Å². The third-order valence-electron chi connectivity index (χ3n) is 3.44. The molecular formula is C13H16Br2N2O. The number of fused-ring (bicyclic) bond motifs is 1. The topological polar surface area (TPSA) is 48.6 Å². The third-order valence-corrected chi connectivity index (χ3v) is 5.46. The largest absolute Gasteiger partial charge is 0.323 e. The van der Waals surface area contributed by atoms with Crippen molar-refractivity contribution in [2.24, 2.45) is 11.8 Å². The van der Waals surface area contributed by atoms with Crippen LogP contribution in [0.15, 0.2) is 21.4 Å². The van der Waals surface area contributed by atoms with Gasteiger partial charge in [-0.25, -0.2) is 4.79 Å². The highest BCUT2D eigenvalue weighted by Gasteiger charge is 2.22. The summed E-state index contributed by atoms with van der Waals surface area (Å²) in [5, 5.41) is 0. The van der Waals surface area contributed by atoms with Gasteiger partial charge in [-0.05, 0) is 29.5 Å². The van der Waals surface area contributed by atoms with E-state index in [1.54, 1.807) is 0 Å². The number of hydrogen-bond donors (Lipinski definition) is 2. The van der Waals surface area contributed by atoms with Gasteiger partial charge in [0.1, 0.15) is 0 Å². The van der Waals surface area contributed by atoms with Crippen molar-refractivity contribution in [1.29, 1.82) is 0 Å². The Labute approximate surface area is 123 Å². The van der Waals surface area contributed by atoms with Crippen molar-refractivity contribution in [2.75, 3.05) is 0 Å². The predicted molar refractivity (Wildman–Crippen MR) is 82.3 cm³/mol. The number of alkyl halides is 1. The molecule has 0 aliphatic heterocycles. The summed E-state index contributed by atoms with van der Waals surface area (Å²) in [5.41, 5.74) is 2.67. The molecule has 0 amide bonds. The maximum atomic E-state index is 11.3. The molecule has 1 aromatic heterocycles. The Bertz CT molecular complexity index is 615. The molecule has 0 radical (unpaired) electrons. The molecular weight excluding hydrogens is 360 g/mol. The van der Waals surface area contributed by atoms with Crippen molar-refractivity contribution in [3.05, 3.63) is 32.7 Å². The zero-order valence-corrected chi connectivity index (χ0v) is 13.7. The minimum absolute atomic E-state index is 0.169. The number of aromatic amines is 2. The third kappa shape index (κ3) is 2.57. The average Bonchev–Trinajstić information content (AvgIpc) is 2.65. The smallest absolute Gasteiger partial charge is 0.306 e. The number of hydrogen-bond acceptors (Lipinski definition) is 1. The molecule has 0 saturated heterocycles. The van der Waals surface area contributed by atoms with Gasteiger partial charge in [0.05, 0.1) is 11.0 Å². The van der Waals surface area contributed by atoms with Crippen molar-refractivity contribution in [3.8, 4) is 0 Å². The Balaban J connectivity index is 2.50. The predicted octanol–water partition coefficient (Wildman–Crippen LogP) is 4.35. The molecule has 98 valence electrons. The standard InChI is InChI=1S/C13H16Br2N2O/c1-6(2)7(3)12(15)8-4-10-11(5-9(8)14)17-13(18)16-10/h4-7,12H,1-3H3,(H2,16,17,18). The summed E-state index contributed by atoms with van der Waals surface area (Å²) in [5.74, 6) is 1.09. The summed E-state index contributed by atoms with van der Waals surface area (Å²) in [6, 6.07) is 3.97. The van der Waals surface area contributed by atoms with E-state index in [4.69, 9.17) is 0 Å². The Morgan fingerprint density at radius 3 is 2.22 bits per heavy atom. The first kappa shape index (κ1) is 13.9. The molecule has 2 atom stereocenters. The van der Waals surface area contributed by atoms with E-state index in [1.807, 2.05) is 12.1 Å². The normalized spacial score (nSPS) is 15.2. The number of rotatable bonds is 3. The van der Waals surface area contributed by atoms with E-state index < -0.39 is 0 Å². The van der Waals surface area contributed by atoms with Crippen LogP contribution in [0.5, 0.6) is 0 Å². The molecule has 18 heavy (non-hydrogen) atoms. The van der Waals surface area contributed by atoms with Crippen LogP contribution < -0.4 is 5.69 Å². The second kappa shape index (κ2) is 5.21. The van der Waals surface area contributed by atoms with Crippen LogP contribution in [0.25, 0.3) is 11.0 Å². The van der Waals surface area contributed by atoms with Crippen molar-refractivity contribution < 1.29 is 0 Å². The van der Waals surface area contributed by atoms with Crippen LogP contribution in [0.1, 0.15) is 31.2 Å². The maximum absolute atomic E-state index is 11.3. The number of aromatic nitrogens is 2. The molecule has 2 aromatic rings. The summed E-state index contributed by atoms with van der Waals surface area (Å²) < 4.78 is 1.01. The molecule has 3 nitrogen and oxygen atoms in total. The van der Waals surface area contributed by atoms with Gasteiger partial charge in [-0.1, -0.05) is 52.6 Å². The Hall–Kier alpha value is -0.550. The van der Waals surface area contributed by atoms with Crippen LogP contribution in [0.3, 0.4) is 0 Å². The Morgan fingerprint density at radius 2 is 1.67 bits per heavy atom. The van der Waals surface area contributed by atoms with E-state index in [1.165, 1.54) is 5.56 Å². The highest BCUT2D eigenvalue weighted by molar-refractivity contribution is 9.11. The lowest BCUT2D eigenvalue weighted by Gasteiger charge is -2.23. The van der Waals surface area contributed by atoms with Crippen LogP contribution in [0.2, 0.25) is 0 Å². The fraction of sp³-hybridized carbons (Fsp3) is 0.462. The minimum Gasteiger partial charge on any atom is -0.306 e. The van der Waals surface area contributed by atoms with Crippen molar-refractivity contribution in [1.82, 2.24) is 9.97 Å². The summed E-state index contributed by atoms with van der Waals surface area (Å²) in [4.78, 5) is 17.1. The molecule has 0 saturated carbocycles. The molecule has 0 aliphatic rings. The zero-order valence-electron chi connectivity index (χ0n) is 10.6. The lowest BCUT2D eigenvalue weighted by molar-refractivity contribution is 0.414. The van der Waals surface area contributed by atoms with Gasteiger partial charge in [-0.15, -0.1) is 0 Å².